The highest BCUT2D eigenvalue weighted by molar-refractivity contribution is 6.30. The maximum Gasteiger partial charge on any atom is 0.225 e. The van der Waals surface area contributed by atoms with Crippen LogP contribution in [0.25, 0.3) is 16.9 Å². The molecule has 1 N–H and O–H groups in total. The number of hydrogen-bond acceptors (Lipinski definition) is 3. The van der Waals surface area contributed by atoms with E-state index in [2.05, 4.69) is 5.32 Å². The summed E-state index contributed by atoms with van der Waals surface area (Å²) in [6, 6.07) is 26.5. The zero-order valence-electron chi connectivity index (χ0n) is 19.7. The van der Waals surface area contributed by atoms with Gasteiger partial charge in [-0.2, -0.15) is 5.10 Å². The van der Waals surface area contributed by atoms with E-state index in [9.17, 15) is 9.59 Å². The third-order valence-corrected chi connectivity index (χ3v) is 5.97. The van der Waals surface area contributed by atoms with E-state index in [1.807, 2.05) is 83.7 Å². The van der Waals surface area contributed by atoms with Gasteiger partial charge in [-0.25, -0.2) is 4.68 Å². The van der Waals surface area contributed by atoms with Gasteiger partial charge in [-0.05, 0) is 29.8 Å². The van der Waals surface area contributed by atoms with Crippen LogP contribution < -0.4 is 5.32 Å². The number of carbonyl (C=O) groups excluding carboxylic acids is 2. The van der Waals surface area contributed by atoms with Crippen LogP contribution in [0.2, 0.25) is 5.02 Å². The van der Waals surface area contributed by atoms with Crippen LogP contribution in [-0.4, -0.2) is 33.5 Å². The van der Waals surface area contributed by atoms with Gasteiger partial charge in [-0.15, -0.1) is 0 Å². The second-order valence-corrected chi connectivity index (χ2v) is 8.84. The first kappa shape index (κ1) is 24.2. The molecule has 4 aromatic rings. The molecule has 0 fully saturated rings. The number of para-hydroxylation sites is 1. The Morgan fingerprint density at radius 2 is 1.60 bits per heavy atom. The lowest BCUT2D eigenvalue weighted by Gasteiger charge is -2.22. The van der Waals surface area contributed by atoms with E-state index in [-0.39, 0.29) is 18.2 Å². The molecule has 0 spiro atoms. The lowest BCUT2D eigenvalue weighted by molar-refractivity contribution is -0.131. The number of rotatable bonds is 8. The van der Waals surface area contributed by atoms with Gasteiger partial charge in [0.15, 0.2) is 0 Å². The van der Waals surface area contributed by atoms with Crippen molar-refractivity contribution in [3.05, 3.63) is 107 Å². The summed E-state index contributed by atoms with van der Waals surface area (Å²) < 4.78 is 1.84. The Kier molecular flexibility index (Phi) is 7.63. The molecule has 2 amide bonds. The minimum Gasteiger partial charge on any atom is -0.349 e. The zero-order chi connectivity index (χ0) is 24.8. The highest BCUT2D eigenvalue weighted by atomic mass is 35.5. The minimum atomic E-state index is -0.444. The molecule has 3 aromatic carbocycles. The summed E-state index contributed by atoms with van der Waals surface area (Å²) in [5.74, 6) is -0.291. The molecule has 0 aliphatic heterocycles. The Hall–Kier alpha value is -3.90. The standard InChI is InChI=1S/C28H27ClN4O2/c1-20(34)30-26(21-13-15-24(29)16-14-21)17-27(35)32(2)18-23-19-33(25-11-7-4-8-12-25)31-28(23)22-9-5-3-6-10-22/h3-16,19,26H,17-18H2,1-2H3,(H,30,34). The first-order chi connectivity index (χ1) is 16.9. The predicted molar refractivity (Wildman–Crippen MR) is 138 cm³/mol. The monoisotopic (exact) mass is 486 g/mol. The van der Waals surface area contributed by atoms with Crippen LogP contribution in [-0.2, 0) is 16.1 Å². The van der Waals surface area contributed by atoms with Crippen molar-refractivity contribution >= 4 is 23.4 Å². The van der Waals surface area contributed by atoms with Crippen molar-refractivity contribution in [2.75, 3.05) is 7.05 Å². The molecule has 1 unspecified atom stereocenters. The van der Waals surface area contributed by atoms with E-state index in [0.29, 0.717) is 11.6 Å². The van der Waals surface area contributed by atoms with Crippen LogP contribution in [0.1, 0.15) is 30.5 Å². The van der Waals surface area contributed by atoms with Crippen LogP contribution >= 0.6 is 11.6 Å². The van der Waals surface area contributed by atoms with Crippen LogP contribution in [0.15, 0.2) is 91.1 Å². The highest BCUT2D eigenvalue weighted by Gasteiger charge is 2.22. The van der Waals surface area contributed by atoms with Crippen LogP contribution in [0.4, 0.5) is 0 Å². The fourth-order valence-electron chi connectivity index (χ4n) is 3.94. The summed E-state index contributed by atoms with van der Waals surface area (Å²) in [6.45, 7) is 1.82. The van der Waals surface area contributed by atoms with Gasteiger partial charge in [0.05, 0.1) is 23.8 Å². The smallest absolute Gasteiger partial charge is 0.225 e. The van der Waals surface area contributed by atoms with Crippen molar-refractivity contribution in [2.45, 2.75) is 25.9 Å². The number of benzene rings is 3. The van der Waals surface area contributed by atoms with Gasteiger partial charge < -0.3 is 10.2 Å². The molecule has 0 aliphatic rings. The number of hydrogen-bond donors (Lipinski definition) is 1. The molecule has 0 saturated heterocycles. The first-order valence-electron chi connectivity index (χ1n) is 11.4. The van der Waals surface area contributed by atoms with E-state index in [0.717, 1.165) is 28.1 Å². The minimum absolute atomic E-state index is 0.0924. The SMILES string of the molecule is CC(=O)NC(CC(=O)N(C)Cc1cn(-c2ccccc2)nc1-c1ccccc1)c1ccc(Cl)cc1. The second-order valence-electron chi connectivity index (χ2n) is 8.41. The van der Waals surface area contributed by atoms with E-state index in [1.54, 1.807) is 24.1 Å². The van der Waals surface area contributed by atoms with Gasteiger partial charge in [0.2, 0.25) is 11.8 Å². The molecular weight excluding hydrogens is 460 g/mol. The topological polar surface area (TPSA) is 67.2 Å². The first-order valence-corrected chi connectivity index (χ1v) is 11.7. The summed E-state index contributed by atoms with van der Waals surface area (Å²) in [5, 5.41) is 8.31. The number of nitrogens with zero attached hydrogens (tertiary/aromatic N) is 3. The summed E-state index contributed by atoms with van der Waals surface area (Å²) in [4.78, 5) is 26.7. The van der Waals surface area contributed by atoms with E-state index >= 15 is 0 Å². The number of carbonyl (C=O) groups is 2. The quantitative estimate of drug-likeness (QED) is 0.361. The molecule has 35 heavy (non-hydrogen) atoms. The van der Waals surface area contributed by atoms with Crippen molar-refractivity contribution in [1.82, 2.24) is 20.0 Å². The fourth-order valence-corrected chi connectivity index (χ4v) is 4.07. The molecule has 1 aromatic heterocycles. The molecular formula is C28H27ClN4O2. The normalized spacial score (nSPS) is 11.6. The third-order valence-electron chi connectivity index (χ3n) is 5.72. The average molecular weight is 487 g/mol. The summed E-state index contributed by atoms with van der Waals surface area (Å²) >= 11 is 6.01. The van der Waals surface area contributed by atoms with Gasteiger partial charge in [0, 0.05) is 42.9 Å². The molecule has 6 nitrogen and oxygen atoms in total. The maximum absolute atomic E-state index is 13.2. The fraction of sp³-hybridized carbons (Fsp3) is 0.179. The average Bonchev–Trinajstić information content (AvgIpc) is 3.28. The Bertz CT molecular complexity index is 1290. The molecule has 1 heterocycles. The highest BCUT2D eigenvalue weighted by Crippen LogP contribution is 2.26. The number of halogens is 1. The van der Waals surface area contributed by atoms with Crippen molar-refractivity contribution in [3.8, 4) is 16.9 Å². The van der Waals surface area contributed by atoms with Crippen molar-refractivity contribution in [2.24, 2.45) is 0 Å². The van der Waals surface area contributed by atoms with Gasteiger partial charge in [-0.1, -0.05) is 72.3 Å². The van der Waals surface area contributed by atoms with E-state index < -0.39 is 6.04 Å². The second kappa shape index (κ2) is 11.0. The number of amides is 2. The molecule has 4 rings (SSSR count). The van der Waals surface area contributed by atoms with Gasteiger partial charge in [0.25, 0.3) is 0 Å². The lowest BCUT2D eigenvalue weighted by atomic mass is 10.0. The zero-order valence-corrected chi connectivity index (χ0v) is 20.4. The summed E-state index contributed by atoms with van der Waals surface area (Å²) in [7, 11) is 1.77. The molecule has 0 aliphatic carbocycles. The third kappa shape index (κ3) is 6.16. The Morgan fingerprint density at radius 1 is 0.971 bits per heavy atom. The number of nitrogens with one attached hydrogen (secondary N) is 1. The molecule has 0 radical (unpaired) electrons. The molecule has 0 bridgehead atoms. The predicted octanol–water partition coefficient (Wildman–Crippen LogP) is 5.42. The van der Waals surface area contributed by atoms with Gasteiger partial charge in [0.1, 0.15) is 0 Å². The Morgan fingerprint density at radius 3 is 2.23 bits per heavy atom. The van der Waals surface area contributed by atoms with Gasteiger partial charge >= 0.3 is 0 Å². The molecule has 1 atom stereocenters. The van der Waals surface area contributed by atoms with Crippen LogP contribution in [0, 0.1) is 0 Å². The number of aromatic nitrogens is 2. The Balaban J connectivity index is 1.57. The lowest BCUT2D eigenvalue weighted by Crippen LogP contribution is -2.33. The van der Waals surface area contributed by atoms with Crippen molar-refractivity contribution in [3.63, 3.8) is 0 Å². The van der Waals surface area contributed by atoms with E-state index in [1.165, 1.54) is 6.92 Å². The van der Waals surface area contributed by atoms with Crippen molar-refractivity contribution in [1.29, 1.82) is 0 Å². The molecule has 0 saturated carbocycles. The van der Waals surface area contributed by atoms with Crippen LogP contribution in [0.3, 0.4) is 0 Å². The summed E-state index contributed by atoms with van der Waals surface area (Å²) in [6.07, 6.45) is 2.09. The summed E-state index contributed by atoms with van der Waals surface area (Å²) in [5.41, 5.74) is 4.51. The molecule has 178 valence electrons. The molecule has 7 heteroatoms. The maximum atomic E-state index is 13.2. The van der Waals surface area contributed by atoms with Gasteiger partial charge in [-0.3, -0.25) is 9.59 Å². The Labute approximate surface area is 210 Å². The van der Waals surface area contributed by atoms with Crippen molar-refractivity contribution < 1.29 is 9.59 Å². The largest absolute Gasteiger partial charge is 0.349 e. The van der Waals surface area contributed by atoms with Crippen LogP contribution in [0.5, 0.6) is 0 Å². The van der Waals surface area contributed by atoms with E-state index in [4.69, 9.17) is 16.7 Å².